The molecule has 1 aromatic carbocycles. The Kier molecular flexibility index (Phi) is 3.10. The van der Waals surface area contributed by atoms with Crippen molar-refractivity contribution in [3.05, 3.63) is 65.1 Å². The number of benzene rings is 1. The number of anilines is 1. The molecule has 0 spiro atoms. The van der Waals surface area contributed by atoms with Crippen LogP contribution in [0.4, 0.5) is 5.69 Å². The molecule has 90 valence electrons. The monoisotopic (exact) mass is 255 g/mol. The van der Waals surface area contributed by atoms with Crippen molar-refractivity contribution in [3.63, 3.8) is 0 Å². The molecule has 0 radical (unpaired) electrons. The van der Waals surface area contributed by atoms with Gasteiger partial charge < -0.3 is 5.32 Å². The summed E-state index contributed by atoms with van der Waals surface area (Å²) in [6.45, 7) is 0.861. The van der Waals surface area contributed by atoms with E-state index >= 15 is 0 Å². The summed E-state index contributed by atoms with van der Waals surface area (Å²) in [5.41, 5.74) is 2.17. The lowest BCUT2D eigenvalue weighted by Crippen LogP contribution is -1.99. The van der Waals surface area contributed by atoms with E-state index in [1.54, 1.807) is 17.5 Å². The summed E-state index contributed by atoms with van der Waals surface area (Å²) in [6.07, 6.45) is 3.73. The Bertz CT molecular complexity index is 600. The average Bonchev–Trinajstić information content (AvgIpc) is 3.10. The van der Waals surface area contributed by atoms with Gasteiger partial charge in [0.1, 0.15) is 0 Å². The van der Waals surface area contributed by atoms with Crippen LogP contribution >= 0.6 is 11.3 Å². The van der Waals surface area contributed by atoms with Crippen molar-refractivity contribution in [2.24, 2.45) is 0 Å². The first kappa shape index (κ1) is 11.0. The molecule has 0 amide bonds. The molecule has 1 N–H and O–H groups in total. The maximum Gasteiger partial charge on any atom is 0.0666 e. The highest BCUT2D eigenvalue weighted by Gasteiger charge is 1.99. The van der Waals surface area contributed by atoms with E-state index in [-0.39, 0.29) is 0 Å². The lowest BCUT2D eigenvalue weighted by molar-refractivity contribution is 0.880. The molecular formula is C14H13N3S. The summed E-state index contributed by atoms with van der Waals surface area (Å²) in [5, 5.41) is 9.74. The van der Waals surface area contributed by atoms with Crippen LogP contribution in [0.2, 0.25) is 0 Å². The summed E-state index contributed by atoms with van der Waals surface area (Å²) in [6, 6.07) is 14.4. The molecule has 3 aromatic rings. The standard InChI is InChI=1S/C14H13N3S/c1-4-12(15-11-14-6-2-9-18-14)10-13(5-1)17-8-3-7-16-17/h1-10,15H,11H2. The number of aromatic nitrogens is 2. The molecule has 0 saturated heterocycles. The van der Waals surface area contributed by atoms with Crippen molar-refractivity contribution in [2.45, 2.75) is 6.54 Å². The van der Waals surface area contributed by atoms with Gasteiger partial charge in [-0.05, 0) is 35.7 Å². The van der Waals surface area contributed by atoms with Crippen molar-refractivity contribution >= 4 is 17.0 Å². The van der Waals surface area contributed by atoms with Crippen LogP contribution in [0.3, 0.4) is 0 Å². The SMILES string of the molecule is c1cc(NCc2cccs2)cc(-n2cccn2)c1. The molecule has 18 heavy (non-hydrogen) atoms. The van der Waals surface area contributed by atoms with Crippen molar-refractivity contribution in [1.82, 2.24) is 9.78 Å². The molecule has 3 nitrogen and oxygen atoms in total. The number of nitrogens with one attached hydrogen (secondary N) is 1. The van der Waals surface area contributed by atoms with E-state index in [9.17, 15) is 0 Å². The van der Waals surface area contributed by atoms with Crippen LogP contribution in [-0.2, 0) is 6.54 Å². The Hall–Kier alpha value is -2.07. The lowest BCUT2D eigenvalue weighted by Gasteiger charge is -2.07. The molecule has 0 fully saturated rings. The van der Waals surface area contributed by atoms with Crippen LogP contribution in [0.5, 0.6) is 0 Å². The Morgan fingerprint density at radius 3 is 2.94 bits per heavy atom. The molecule has 2 aromatic heterocycles. The number of thiophene rings is 1. The molecular weight excluding hydrogens is 242 g/mol. The van der Waals surface area contributed by atoms with Gasteiger partial charge in [0.25, 0.3) is 0 Å². The van der Waals surface area contributed by atoms with Crippen LogP contribution in [-0.4, -0.2) is 9.78 Å². The fourth-order valence-corrected chi connectivity index (χ4v) is 2.43. The predicted octanol–water partition coefficient (Wildman–Crippen LogP) is 3.55. The summed E-state index contributed by atoms with van der Waals surface area (Å²) in [4.78, 5) is 1.33. The Balaban J connectivity index is 1.75. The third kappa shape index (κ3) is 2.43. The van der Waals surface area contributed by atoms with Crippen molar-refractivity contribution in [2.75, 3.05) is 5.32 Å². The van der Waals surface area contributed by atoms with E-state index in [1.165, 1.54) is 4.88 Å². The van der Waals surface area contributed by atoms with Gasteiger partial charge in [-0.25, -0.2) is 4.68 Å². The molecule has 0 saturated carbocycles. The molecule has 0 aliphatic heterocycles. The van der Waals surface area contributed by atoms with E-state index in [0.29, 0.717) is 0 Å². The van der Waals surface area contributed by atoms with Gasteiger partial charge in [0.05, 0.1) is 5.69 Å². The highest BCUT2D eigenvalue weighted by atomic mass is 32.1. The zero-order valence-electron chi connectivity index (χ0n) is 9.78. The van der Waals surface area contributed by atoms with Crippen molar-refractivity contribution in [1.29, 1.82) is 0 Å². The topological polar surface area (TPSA) is 29.9 Å². The number of hydrogen-bond donors (Lipinski definition) is 1. The second-order valence-corrected chi connectivity index (χ2v) is 4.97. The second-order valence-electron chi connectivity index (χ2n) is 3.93. The van der Waals surface area contributed by atoms with Crippen molar-refractivity contribution < 1.29 is 0 Å². The Morgan fingerprint density at radius 1 is 1.17 bits per heavy atom. The third-order valence-corrected chi connectivity index (χ3v) is 3.54. The van der Waals surface area contributed by atoms with Crippen LogP contribution in [0.1, 0.15) is 4.88 Å². The molecule has 0 atom stereocenters. The number of nitrogens with zero attached hydrogens (tertiary/aromatic N) is 2. The third-order valence-electron chi connectivity index (χ3n) is 2.66. The van der Waals surface area contributed by atoms with Gasteiger partial charge in [0, 0.05) is 29.5 Å². The largest absolute Gasteiger partial charge is 0.380 e. The lowest BCUT2D eigenvalue weighted by atomic mass is 10.2. The molecule has 4 heteroatoms. The molecule has 0 aliphatic rings. The quantitative estimate of drug-likeness (QED) is 0.772. The van der Waals surface area contributed by atoms with Gasteiger partial charge in [-0.3, -0.25) is 0 Å². The zero-order valence-corrected chi connectivity index (χ0v) is 10.6. The fraction of sp³-hybridized carbons (Fsp3) is 0.0714. The predicted molar refractivity (Wildman–Crippen MR) is 75.2 cm³/mol. The van der Waals surface area contributed by atoms with Gasteiger partial charge in [-0.1, -0.05) is 12.1 Å². The van der Waals surface area contributed by atoms with E-state index in [2.05, 4.69) is 40.1 Å². The molecule has 0 aliphatic carbocycles. The molecule has 0 unspecified atom stereocenters. The van der Waals surface area contributed by atoms with Gasteiger partial charge in [0.2, 0.25) is 0 Å². The Morgan fingerprint density at radius 2 is 2.17 bits per heavy atom. The first-order valence-electron chi connectivity index (χ1n) is 5.78. The molecule has 0 bridgehead atoms. The first-order valence-corrected chi connectivity index (χ1v) is 6.66. The smallest absolute Gasteiger partial charge is 0.0666 e. The van der Waals surface area contributed by atoms with Crippen molar-refractivity contribution in [3.8, 4) is 5.69 Å². The van der Waals surface area contributed by atoms with E-state index in [4.69, 9.17) is 0 Å². The fourth-order valence-electron chi connectivity index (χ4n) is 1.78. The normalized spacial score (nSPS) is 10.4. The maximum absolute atomic E-state index is 4.23. The van der Waals surface area contributed by atoms with Gasteiger partial charge in [-0.15, -0.1) is 11.3 Å². The minimum absolute atomic E-state index is 0.861. The van der Waals surface area contributed by atoms with Crippen LogP contribution in [0, 0.1) is 0 Å². The second kappa shape index (κ2) is 5.06. The van der Waals surface area contributed by atoms with Gasteiger partial charge in [-0.2, -0.15) is 5.10 Å². The van der Waals surface area contributed by atoms with Gasteiger partial charge in [0.15, 0.2) is 0 Å². The van der Waals surface area contributed by atoms with E-state index < -0.39 is 0 Å². The minimum atomic E-state index is 0.861. The highest BCUT2D eigenvalue weighted by Crippen LogP contribution is 2.16. The van der Waals surface area contributed by atoms with E-state index in [1.807, 2.05) is 29.1 Å². The first-order chi connectivity index (χ1) is 8.92. The van der Waals surface area contributed by atoms with Crippen LogP contribution in [0.15, 0.2) is 60.2 Å². The average molecular weight is 255 g/mol. The minimum Gasteiger partial charge on any atom is -0.380 e. The summed E-state index contributed by atoms with van der Waals surface area (Å²) in [7, 11) is 0. The molecule has 3 rings (SSSR count). The summed E-state index contributed by atoms with van der Waals surface area (Å²) in [5.74, 6) is 0. The number of hydrogen-bond acceptors (Lipinski definition) is 3. The maximum atomic E-state index is 4.23. The van der Waals surface area contributed by atoms with Gasteiger partial charge >= 0.3 is 0 Å². The summed E-state index contributed by atoms with van der Waals surface area (Å²) >= 11 is 1.76. The molecule has 2 heterocycles. The Labute approximate surface area is 110 Å². The zero-order chi connectivity index (χ0) is 12.2. The number of rotatable bonds is 4. The highest BCUT2D eigenvalue weighted by molar-refractivity contribution is 7.09. The van der Waals surface area contributed by atoms with Crippen LogP contribution in [0.25, 0.3) is 5.69 Å². The summed E-state index contributed by atoms with van der Waals surface area (Å²) < 4.78 is 1.86. The van der Waals surface area contributed by atoms with Crippen LogP contribution < -0.4 is 5.32 Å². The van der Waals surface area contributed by atoms with E-state index in [0.717, 1.165) is 17.9 Å².